The van der Waals surface area contributed by atoms with E-state index in [4.69, 9.17) is 16.3 Å². The number of piperidine rings is 1. The average molecular weight is 389 g/mol. The fraction of sp³-hybridized carbons (Fsp3) is 0.500. The highest BCUT2D eigenvalue weighted by Crippen LogP contribution is 2.25. The van der Waals surface area contributed by atoms with Crippen LogP contribution in [0.5, 0.6) is 0 Å². The first-order chi connectivity index (χ1) is 11.7. The number of hydrogen-bond donors (Lipinski definition) is 1. The van der Waals surface area contributed by atoms with Crippen LogP contribution >= 0.6 is 11.6 Å². The minimum Gasteiger partial charge on any atom is -0.466 e. The van der Waals surface area contributed by atoms with Gasteiger partial charge in [-0.1, -0.05) is 11.6 Å². The van der Waals surface area contributed by atoms with E-state index in [1.807, 2.05) is 0 Å². The SMILES string of the molecule is CCOC(=O)C1CCN(C(=O)c2cc(NS(C)(=O)=O)ccc2Cl)CC1. The third-order valence-corrected chi connectivity index (χ3v) is 4.84. The van der Waals surface area contributed by atoms with Gasteiger partial charge in [-0.05, 0) is 38.0 Å². The second-order valence-corrected chi connectivity index (χ2v) is 8.04. The molecule has 0 aliphatic carbocycles. The fourth-order valence-electron chi connectivity index (χ4n) is 2.72. The van der Waals surface area contributed by atoms with Crippen LogP contribution < -0.4 is 4.72 Å². The minimum atomic E-state index is -3.45. The molecule has 25 heavy (non-hydrogen) atoms. The predicted octanol–water partition coefficient (Wildman–Crippen LogP) is 2.13. The van der Waals surface area contributed by atoms with Crippen LogP contribution in [0.15, 0.2) is 18.2 Å². The summed E-state index contributed by atoms with van der Waals surface area (Å²) in [5, 5.41) is 0.247. The number of rotatable bonds is 5. The summed E-state index contributed by atoms with van der Waals surface area (Å²) in [6.07, 6.45) is 2.09. The number of benzene rings is 1. The molecule has 0 atom stereocenters. The van der Waals surface area contributed by atoms with Gasteiger partial charge in [0.2, 0.25) is 10.0 Å². The molecule has 1 amide bonds. The van der Waals surface area contributed by atoms with Gasteiger partial charge in [0.05, 0.1) is 29.4 Å². The molecule has 0 aromatic heterocycles. The van der Waals surface area contributed by atoms with E-state index in [0.717, 1.165) is 6.26 Å². The molecule has 7 nitrogen and oxygen atoms in total. The number of esters is 1. The lowest BCUT2D eigenvalue weighted by Crippen LogP contribution is -2.40. The molecule has 0 radical (unpaired) electrons. The van der Waals surface area contributed by atoms with Crippen molar-refractivity contribution >= 4 is 39.2 Å². The van der Waals surface area contributed by atoms with E-state index in [1.165, 1.54) is 18.2 Å². The van der Waals surface area contributed by atoms with Crippen molar-refractivity contribution in [3.05, 3.63) is 28.8 Å². The molecule has 0 bridgehead atoms. The van der Waals surface area contributed by atoms with Crippen molar-refractivity contribution in [2.75, 3.05) is 30.7 Å². The maximum atomic E-state index is 12.7. The maximum Gasteiger partial charge on any atom is 0.309 e. The topological polar surface area (TPSA) is 92.8 Å². The molecule has 1 fully saturated rings. The van der Waals surface area contributed by atoms with E-state index in [1.54, 1.807) is 11.8 Å². The largest absolute Gasteiger partial charge is 0.466 e. The van der Waals surface area contributed by atoms with Crippen molar-refractivity contribution in [2.45, 2.75) is 19.8 Å². The highest BCUT2D eigenvalue weighted by Gasteiger charge is 2.29. The molecule has 1 aromatic carbocycles. The van der Waals surface area contributed by atoms with E-state index in [2.05, 4.69) is 4.72 Å². The molecule has 1 heterocycles. The first kappa shape index (κ1) is 19.5. The summed E-state index contributed by atoms with van der Waals surface area (Å²) in [7, 11) is -3.45. The highest BCUT2D eigenvalue weighted by molar-refractivity contribution is 7.92. The van der Waals surface area contributed by atoms with Crippen molar-refractivity contribution in [3.8, 4) is 0 Å². The number of amides is 1. The Morgan fingerprint density at radius 2 is 1.96 bits per heavy atom. The van der Waals surface area contributed by atoms with Gasteiger partial charge in [-0.25, -0.2) is 8.42 Å². The minimum absolute atomic E-state index is 0.197. The van der Waals surface area contributed by atoms with Crippen LogP contribution in [-0.4, -0.2) is 51.1 Å². The highest BCUT2D eigenvalue weighted by atomic mass is 35.5. The zero-order valence-corrected chi connectivity index (χ0v) is 15.7. The van der Waals surface area contributed by atoms with Crippen molar-refractivity contribution in [3.63, 3.8) is 0 Å². The molecular weight excluding hydrogens is 368 g/mol. The van der Waals surface area contributed by atoms with Gasteiger partial charge in [0.1, 0.15) is 0 Å². The molecule has 0 saturated carbocycles. The number of hydrogen-bond acceptors (Lipinski definition) is 5. The van der Waals surface area contributed by atoms with Crippen molar-refractivity contribution in [1.29, 1.82) is 0 Å². The van der Waals surface area contributed by atoms with Crippen LogP contribution in [-0.2, 0) is 19.6 Å². The Morgan fingerprint density at radius 3 is 2.52 bits per heavy atom. The molecule has 1 aromatic rings. The third-order valence-electron chi connectivity index (χ3n) is 3.90. The number of halogens is 1. The zero-order valence-electron chi connectivity index (χ0n) is 14.1. The van der Waals surface area contributed by atoms with Crippen LogP contribution in [0.2, 0.25) is 5.02 Å². The molecular formula is C16H21ClN2O5S. The Hall–Kier alpha value is -1.80. The van der Waals surface area contributed by atoms with Gasteiger partial charge in [-0.15, -0.1) is 0 Å². The zero-order chi connectivity index (χ0) is 18.6. The van der Waals surface area contributed by atoms with E-state index < -0.39 is 10.0 Å². The molecule has 1 aliphatic heterocycles. The Labute approximate surface area is 152 Å². The number of ether oxygens (including phenoxy) is 1. The molecule has 0 unspecified atom stereocenters. The first-order valence-electron chi connectivity index (χ1n) is 7.94. The van der Waals surface area contributed by atoms with Gasteiger partial charge in [-0.2, -0.15) is 0 Å². The molecule has 1 saturated heterocycles. The normalized spacial score (nSPS) is 15.7. The van der Waals surface area contributed by atoms with Crippen LogP contribution in [0.1, 0.15) is 30.1 Å². The Kier molecular flexibility index (Phi) is 6.29. The lowest BCUT2D eigenvalue weighted by molar-refractivity contribution is -0.149. The quantitative estimate of drug-likeness (QED) is 0.780. The summed E-state index contributed by atoms with van der Waals surface area (Å²) >= 11 is 6.10. The van der Waals surface area contributed by atoms with E-state index in [-0.39, 0.29) is 34.1 Å². The molecule has 2 rings (SSSR count). The third kappa shape index (κ3) is 5.34. The number of nitrogens with one attached hydrogen (secondary N) is 1. The Morgan fingerprint density at radius 1 is 1.32 bits per heavy atom. The Balaban J connectivity index is 2.08. The number of carbonyl (C=O) groups is 2. The van der Waals surface area contributed by atoms with Crippen molar-refractivity contribution < 1.29 is 22.7 Å². The standard InChI is InChI=1S/C16H21ClN2O5S/c1-3-24-16(21)11-6-8-19(9-7-11)15(20)13-10-12(4-5-14(13)17)18-25(2,22)23/h4-5,10-11,18H,3,6-9H2,1-2H3. The molecule has 138 valence electrons. The summed E-state index contributed by atoms with van der Waals surface area (Å²) in [5.74, 6) is -0.714. The smallest absolute Gasteiger partial charge is 0.309 e. The molecule has 9 heteroatoms. The van der Waals surface area contributed by atoms with Crippen LogP contribution in [0.4, 0.5) is 5.69 Å². The van der Waals surface area contributed by atoms with E-state index in [0.29, 0.717) is 32.5 Å². The summed E-state index contributed by atoms with van der Waals surface area (Å²) in [6.45, 7) is 2.94. The number of likely N-dealkylation sites (tertiary alicyclic amines) is 1. The van der Waals surface area contributed by atoms with Gasteiger partial charge in [-0.3, -0.25) is 14.3 Å². The summed E-state index contributed by atoms with van der Waals surface area (Å²) in [6, 6.07) is 4.39. The number of carbonyl (C=O) groups excluding carboxylic acids is 2. The lowest BCUT2D eigenvalue weighted by atomic mass is 9.96. The van der Waals surface area contributed by atoms with Crippen LogP contribution in [0.25, 0.3) is 0 Å². The van der Waals surface area contributed by atoms with E-state index in [9.17, 15) is 18.0 Å². The fourth-order valence-corrected chi connectivity index (χ4v) is 3.47. The summed E-state index contributed by atoms with van der Waals surface area (Å²) in [4.78, 5) is 26.1. The van der Waals surface area contributed by atoms with Gasteiger partial charge < -0.3 is 9.64 Å². The average Bonchev–Trinajstić information content (AvgIpc) is 2.55. The second kappa shape index (κ2) is 8.05. The molecule has 1 N–H and O–H groups in total. The summed E-state index contributed by atoms with van der Waals surface area (Å²) < 4.78 is 30.0. The van der Waals surface area contributed by atoms with Crippen molar-refractivity contribution in [1.82, 2.24) is 4.90 Å². The maximum absolute atomic E-state index is 12.7. The van der Waals surface area contributed by atoms with Crippen molar-refractivity contribution in [2.24, 2.45) is 5.92 Å². The van der Waals surface area contributed by atoms with Gasteiger partial charge in [0, 0.05) is 18.8 Å². The monoisotopic (exact) mass is 388 g/mol. The Bertz CT molecular complexity index is 758. The van der Waals surface area contributed by atoms with Gasteiger partial charge >= 0.3 is 5.97 Å². The van der Waals surface area contributed by atoms with Gasteiger partial charge in [0.25, 0.3) is 5.91 Å². The van der Waals surface area contributed by atoms with E-state index >= 15 is 0 Å². The number of sulfonamides is 1. The first-order valence-corrected chi connectivity index (χ1v) is 10.2. The number of nitrogens with zero attached hydrogens (tertiary/aromatic N) is 1. The van der Waals surface area contributed by atoms with Gasteiger partial charge in [0.15, 0.2) is 0 Å². The van der Waals surface area contributed by atoms with Crippen LogP contribution in [0.3, 0.4) is 0 Å². The molecule has 0 spiro atoms. The molecule has 1 aliphatic rings. The summed E-state index contributed by atoms with van der Waals surface area (Å²) in [5.41, 5.74) is 0.501. The second-order valence-electron chi connectivity index (χ2n) is 5.89. The number of anilines is 1. The lowest BCUT2D eigenvalue weighted by Gasteiger charge is -2.31. The van der Waals surface area contributed by atoms with Crippen LogP contribution in [0, 0.1) is 5.92 Å². The predicted molar refractivity (Wildman–Crippen MR) is 95.2 cm³/mol.